The van der Waals surface area contributed by atoms with E-state index in [1.54, 1.807) is 0 Å². The summed E-state index contributed by atoms with van der Waals surface area (Å²) >= 11 is 0. The van der Waals surface area contributed by atoms with Gasteiger partial charge in [-0.1, -0.05) is 6.07 Å². The van der Waals surface area contributed by atoms with E-state index in [0.717, 1.165) is 40.7 Å². The number of rotatable bonds is 10. The van der Waals surface area contributed by atoms with Gasteiger partial charge >= 0.3 is 35.8 Å². The minimum atomic E-state index is -1.56. The minimum Gasteiger partial charge on any atom is -0.463 e. The molecule has 15 nitrogen and oxygen atoms in total. The van der Waals surface area contributed by atoms with E-state index in [9.17, 15) is 33.6 Å². The van der Waals surface area contributed by atoms with Gasteiger partial charge in [0.2, 0.25) is 12.2 Å². The summed E-state index contributed by atoms with van der Waals surface area (Å²) in [5, 5.41) is 2.51. The third-order valence-electron chi connectivity index (χ3n) is 5.19. The number of nitrogens with one attached hydrogen (secondary N) is 1. The summed E-state index contributed by atoms with van der Waals surface area (Å²) < 4.78 is 36.7. The lowest BCUT2D eigenvalue weighted by atomic mass is 9.96. The van der Waals surface area contributed by atoms with Crippen LogP contribution in [0.4, 0.5) is 0 Å². The lowest BCUT2D eigenvalue weighted by molar-refractivity contribution is -0.270. The molecule has 2 rings (SSSR count). The molecule has 1 heterocycles. The number of amides is 1. The van der Waals surface area contributed by atoms with E-state index in [0.29, 0.717) is 5.56 Å². The van der Waals surface area contributed by atoms with Crippen molar-refractivity contribution in [3.8, 4) is 11.5 Å². The van der Waals surface area contributed by atoms with Crippen LogP contribution in [0, 0.1) is 0 Å². The molecule has 0 aliphatic carbocycles. The standard InChI is InChI=1S/C27H31NO14/c1-13(29)36-12-22-25(39-16(4)32)26(40-17(5)33)24(27(42-22)41-18(6)34)28-23(35)10-8-19-7-9-20(37-14(2)30)21(11-19)38-15(3)31/h7-11,22,24-27H,12H2,1-6H3,(H,28,35)/b10-8+/t22-,24-,25+,26-,27-/m1/s1. The molecule has 1 aliphatic heterocycles. The van der Waals surface area contributed by atoms with Gasteiger partial charge in [0.15, 0.2) is 23.7 Å². The third-order valence-corrected chi connectivity index (χ3v) is 5.19. The summed E-state index contributed by atoms with van der Waals surface area (Å²) in [7, 11) is 0. The van der Waals surface area contributed by atoms with Crippen molar-refractivity contribution >= 4 is 47.8 Å². The lowest BCUT2D eigenvalue weighted by Gasteiger charge is -2.44. The zero-order valence-electron chi connectivity index (χ0n) is 23.7. The molecule has 1 fully saturated rings. The predicted molar refractivity (Wildman–Crippen MR) is 138 cm³/mol. The molecular formula is C27H31NO14. The van der Waals surface area contributed by atoms with Crippen LogP contribution in [0.2, 0.25) is 0 Å². The molecule has 1 N–H and O–H groups in total. The van der Waals surface area contributed by atoms with Gasteiger partial charge in [0.25, 0.3) is 0 Å². The summed E-state index contributed by atoms with van der Waals surface area (Å²) in [4.78, 5) is 82.9. The van der Waals surface area contributed by atoms with Gasteiger partial charge in [-0.2, -0.15) is 0 Å². The average molecular weight is 594 g/mol. The Balaban J connectivity index is 2.40. The van der Waals surface area contributed by atoms with Crippen LogP contribution in [0.25, 0.3) is 6.08 Å². The van der Waals surface area contributed by atoms with Gasteiger partial charge in [-0.25, -0.2) is 0 Å². The minimum absolute atomic E-state index is 0.0214. The van der Waals surface area contributed by atoms with Gasteiger partial charge in [-0.05, 0) is 23.8 Å². The number of carbonyl (C=O) groups excluding carboxylic acids is 7. The van der Waals surface area contributed by atoms with Crippen LogP contribution in [0.3, 0.4) is 0 Å². The van der Waals surface area contributed by atoms with Crippen molar-refractivity contribution in [3.05, 3.63) is 29.8 Å². The highest BCUT2D eigenvalue weighted by molar-refractivity contribution is 5.92. The zero-order valence-corrected chi connectivity index (χ0v) is 23.7. The number of ether oxygens (including phenoxy) is 7. The molecule has 1 saturated heterocycles. The predicted octanol–water partition coefficient (Wildman–Crippen LogP) is 0.750. The quantitative estimate of drug-likeness (QED) is 0.173. The monoisotopic (exact) mass is 593 g/mol. The van der Waals surface area contributed by atoms with E-state index in [4.69, 9.17) is 33.2 Å². The van der Waals surface area contributed by atoms with Crippen LogP contribution in [-0.4, -0.2) is 79.0 Å². The van der Waals surface area contributed by atoms with Gasteiger partial charge in [0.1, 0.15) is 18.8 Å². The Morgan fingerprint density at radius 1 is 0.738 bits per heavy atom. The summed E-state index contributed by atoms with van der Waals surface area (Å²) in [5.74, 6) is -5.35. The van der Waals surface area contributed by atoms with E-state index in [1.807, 2.05) is 0 Å². The molecule has 228 valence electrons. The smallest absolute Gasteiger partial charge is 0.308 e. The van der Waals surface area contributed by atoms with E-state index in [-0.39, 0.29) is 11.5 Å². The molecule has 1 aromatic rings. The summed E-state index contributed by atoms with van der Waals surface area (Å²) in [5.41, 5.74) is 0.351. The lowest BCUT2D eigenvalue weighted by Crippen LogP contribution is -2.66. The normalized spacial score (nSPS) is 21.4. The molecule has 0 unspecified atom stereocenters. The van der Waals surface area contributed by atoms with Crippen LogP contribution < -0.4 is 14.8 Å². The highest BCUT2D eigenvalue weighted by Gasteiger charge is 2.52. The molecule has 0 spiro atoms. The largest absolute Gasteiger partial charge is 0.463 e. The van der Waals surface area contributed by atoms with Gasteiger partial charge in [-0.3, -0.25) is 33.6 Å². The molecule has 0 radical (unpaired) electrons. The van der Waals surface area contributed by atoms with Crippen LogP contribution in [-0.2, 0) is 57.2 Å². The average Bonchev–Trinajstić information content (AvgIpc) is 2.85. The Hall–Kier alpha value is -4.79. The number of esters is 6. The first-order chi connectivity index (χ1) is 19.7. The van der Waals surface area contributed by atoms with Gasteiger partial charge in [0.05, 0.1) is 0 Å². The van der Waals surface area contributed by atoms with Crippen molar-refractivity contribution in [2.75, 3.05) is 6.61 Å². The van der Waals surface area contributed by atoms with E-state index < -0.39 is 79.0 Å². The molecule has 1 amide bonds. The maximum atomic E-state index is 13.0. The highest BCUT2D eigenvalue weighted by atomic mass is 16.7. The van der Waals surface area contributed by atoms with E-state index in [2.05, 4.69) is 5.32 Å². The molecule has 0 bridgehead atoms. The Morgan fingerprint density at radius 2 is 1.31 bits per heavy atom. The van der Waals surface area contributed by atoms with Crippen LogP contribution in [0.1, 0.15) is 47.1 Å². The Bertz CT molecular complexity index is 1260. The molecule has 1 aromatic carbocycles. The maximum absolute atomic E-state index is 13.0. The zero-order chi connectivity index (χ0) is 31.6. The Morgan fingerprint density at radius 3 is 1.86 bits per heavy atom. The molecule has 5 atom stereocenters. The summed E-state index contributed by atoms with van der Waals surface area (Å²) in [6.45, 7) is 6.21. The number of hydrogen-bond acceptors (Lipinski definition) is 14. The first kappa shape index (κ1) is 33.4. The van der Waals surface area contributed by atoms with Crippen molar-refractivity contribution in [2.24, 2.45) is 0 Å². The Labute approximate surface area is 240 Å². The van der Waals surface area contributed by atoms with Gasteiger partial charge in [-0.15, -0.1) is 0 Å². The number of benzene rings is 1. The number of hydrogen-bond donors (Lipinski definition) is 1. The fraction of sp³-hybridized carbons (Fsp3) is 0.444. The third kappa shape index (κ3) is 10.6. The van der Waals surface area contributed by atoms with Crippen molar-refractivity contribution < 1.29 is 66.7 Å². The molecule has 42 heavy (non-hydrogen) atoms. The van der Waals surface area contributed by atoms with E-state index in [1.165, 1.54) is 31.2 Å². The second kappa shape index (κ2) is 15.3. The first-order valence-electron chi connectivity index (χ1n) is 12.5. The molecule has 0 aromatic heterocycles. The Kier molecular flexibility index (Phi) is 12.2. The van der Waals surface area contributed by atoms with Crippen LogP contribution in [0.15, 0.2) is 24.3 Å². The van der Waals surface area contributed by atoms with E-state index >= 15 is 0 Å². The van der Waals surface area contributed by atoms with Crippen molar-refractivity contribution in [3.63, 3.8) is 0 Å². The van der Waals surface area contributed by atoms with Crippen LogP contribution >= 0.6 is 0 Å². The second-order valence-electron chi connectivity index (χ2n) is 8.86. The second-order valence-corrected chi connectivity index (χ2v) is 8.86. The first-order valence-corrected chi connectivity index (χ1v) is 12.5. The topological polar surface area (TPSA) is 196 Å². The maximum Gasteiger partial charge on any atom is 0.308 e. The summed E-state index contributed by atoms with van der Waals surface area (Å²) in [6.07, 6.45) is -3.26. The highest BCUT2D eigenvalue weighted by Crippen LogP contribution is 2.30. The fourth-order valence-corrected chi connectivity index (χ4v) is 3.81. The molecule has 0 saturated carbocycles. The van der Waals surface area contributed by atoms with Gasteiger partial charge < -0.3 is 38.5 Å². The molecular weight excluding hydrogens is 562 g/mol. The van der Waals surface area contributed by atoms with Crippen molar-refractivity contribution in [1.82, 2.24) is 5.32 Å². The van der Waals surface area contributed by atoms with Crippen molar-refractivity contribution in [1.29, 1.82) is 0 Å². The fourth-order valence-electron chi connectivity index (χ4n) is 3.81. The van der Waals surface area contributed by atoms with Crippen molar-refractivity contribution in [2.45, 2.75) is 72.2 Å². The molecule has 15 heteroatoms. The SMILES string of the molecule is CC(=O)OC[C@H]1O[C@@H](OC(C)=O)[C@H](NC(=O)/C=C/c2ccc(OC(C)=O)c(OC(C)=O)c2)[C@@H](OC(C)=O)[C@H]1OC(C)=O. The molecule has 1 aliphatic rings. The number of carbonyl (C=O) groups is 7. The summed E-state index contributed by atoms with van der Waals surface area (Å²) in [6, 6.07) is 2.77. The van der Waals surface area contributed by atoms with Gasteiger partial charge in [0, 0.05) is 47.6 Å². The van der Waals surface area contributed by atoms with Crippen LogP contribution in [0.5, 0.6) is 11.5 Å².